The van der Waals surface area contributed by atoms with Gasteiger partial charge < -0.3 is 0 Å². The maximum absolute atomic E-state index is 12.6. The highest BCUT2D eigenvalue weighted by atomic mass is 16.1. The van der Waals surface area contributed by atoms with Crippen molar-refractivity contribution in [2.45, 2.75) is 53.1 Å². The summed E-state index contributed by atoms with van der Waals surface area (Å²) in [5.74, 6) is 0.953. The van der Waals surface area contributed by atoms with Crippen LogP contribution in [0.25, 0.3) is 0 Å². The van der Waals surface area contributed by atoms with Crippen molar-refractivity contribution in [1.82, 2.24) is 4.90 Å². The molecule has 1 aromatic rings. The van der Waals surface area contributed by atoms with Crippen LogP contribution in [-0.2, 0) is 0 Å². The first kappa shape index (κ1) is 14.3. The van der Waals surface area contributed by atoms with Crippen molar-refractivity contribution >= 4 is 5.78 Å². The lowest BCUT2D eigenvalue weighted by molar-refractivity contribution is 0.0826. The molecule has 0 amide bonds. The number of likely N-dealkylation sites (tertiary alicyclic amines) is 1. The second-order valence-corrected chi connectivity index (χ2v) is 6.23. The van der Waals surface area contributed by atoms with Crippen LogP contribution in [-0.4, -0.2) is 29.3 Å². The van der Waals surface area contributed by atoms with Crippen molar-refractivity contribution in [3.8, 4) is 0 Å². The van der Waals surface area contributed by atoms with Crippen molar-refractivity contribution in [3.05, 3.63) is 34.9 Å². The van der Waals surface area contributed by atoms with Crippen LogP contribution in [0, 0.1) is 19.8 Å². The number of carbonyl (C=O) groups excluding carboxylic acids is 1. The van der Waals surface area contributed by atoms with E-state index >= 15 is 0 Å². The number of hydrogen-bond acceptors (Lipinski definition) is 2. The smallest absolute Gasteiger partial charge is 0.179 e. The van der Waals surface area contributed by atoms with Gasteiger partial charge in [-0.15, -0.1) is 0 Å². The van der Waals surface area contributed by atoms with E-state index in [4.69, 9.17) is 0 Å². The average Bonchev–Trinajstić information content (AvgIpc) is 2.70. The molecule has 3 atom stereocenters. The van der Waals surface area contributed by atoms with Gasteiger partial charge in [0.15, 0.2) is 5.78 Å². The Bertz CT molecular complexity index is 480. The Kier molecular flexibility index (Phi) is 4.10. The number of rotatable bonds is 3. The van der Waals surface area contributed by atoms with Crippen LogP contribution >= 0.6 is 0 Å². The van der Waals surface area contributed by atoms with Crippen LogP contribution in [0.15, 0.2) is 18.2 Å². The lowest BCUT2D eigenvalue weighted by Gasteiger charge is -2.27. The highest BCUT2D eigenvalue weighted by molar-refractivity contribution is 6.00. The van der Waals surface area contributed by atoms with Crippen molar-refractivity contribution in [2.24, 2.45) is 5.92 Å². The normalized spacial score (nSPS) is 25.5. The summed E-state index contributed by atoms with van der Waals surface area (Å²) < 4.78 is 0. The van der Waals surface area contributed by atoms with Gasteiger partial charge in [-0.1, -0.05) is 19.1 Å². The number of benzene rings is 1. The molecule has 0 spiro atoms. The van der Waals surface area contributed by atoms with Gasteiger partial charge in [-0.2, -0.15) is 0 Å². The van der Waals surface area contributed by atoms with Gasteiger partial charge in [-0.05, 0) is 57.2 Å². The minimum atomic E-state index is -0.0120. The van der Waals surface area contributed by atoms with Gasteiger partial charge in [0.05, 0.1) is 6.04 Å². The highest BCUT2D eigenvalue weighted by Gasteiger charge is 2.33. The van der Waals surface area contributed by atoms with Gasteiger partial charge in [-0.3, -0.25) is 9.69 Å². The van der Waals surface area contributed by atoms with E-state index in [1.165, 1.54) is 17.5 Å². The first-order valence-electron chi connectivity index (χ1n) is 7.27. The summed E-state index contributed by atoms with van der Waals surface area (Å²) in [6.45, 7) is 11.7. The molecule has 0 aromatic heterocycles. The molecule has 0 N–H and O–H groups in total. The second kappa shape index (κ2) is 5.46. The number of carbonyl (C=O) groups is 1. The lowest BCUT2D eigenvalue weighted by Crippen LogP contribution is -2.41. The minimum Gasteiger partial charge on any atom is -0.292 e. The molecule has 1 aromatic carbocycles. The molecule has 0 saturated carbocycles. The standard InChI is InChI=1S/C17H25NO/c1-11-8-14(4)18(10-11)15(5)17(19)16-7-6-12(2)13(3)9-16/h6-7,9,11,14-15H,8,10H2,1-5H3. The Labute approximate surface area is 116 Å². The third-order valence-electron chi connectivity index (χ3n) is 4.50. The Morgan fingerprint density at radius 3 is 2.47 bits per heavy atom. The van der Waals surface area contributed by atoms with Crippen LogP contribution in [0.4, 0.5) is 0 Å². The predicted molar refractivity (Wildman–Crippen MR) is 79.7 cm³/mol. The molecule has 104 valence electrons. The fourth-order valence-corrected chi connectivity index (χ4v) is 3.16. The molecule has 1 saturated heterocycles. The third-order valence-corrected chi connectivity index (χ3v) is 4.50. The van der Waals surface area contributed by atoms with Gasteiger partial charge in [0.25, 0.3) is 0 Å². The van der Waals surface area contributed by atoms with Crippen molar-refractivity contribution < 1.29 is 4.79 Å². The average molecular weight is 259 g/mol. The summed E-state index contributed by atoms with van der Waals surface area (Å²) in [5, 5.41) is 0. The molecule has 2 rings (SSSR count). The molecule has 0 bridgehead atoms. The first-order chi connectivity index (χ1) is 8.90. The Hall–Kier alpha value is -1.15. The lowest BCUT2D eigenvalue weighted by atomic mass is 9.99. The number of aryl methyl sites for hydroxylation is 2. The third kappa shape index (κ3) is 2.89. The molecular weight excluding hydrogens is 234 g/mol. The van der Waals surface area contributed by atoms with Crippen LogP contribution in [0.2, 0.25) is 0 Å². The van der Waals surface area contributed by atoms with Crippen LogP contribution in [0.5, 0.6) is 0 Å². The summed E-state index contributed by atoms with van der Waals surface area (Å²) in [5.41, 5.74) is 3.29. The maximum atomic E-state index is 12.6. The molecule has 19 heavy (non-hydrogen) atoms. The molecular formula is C17H25NO. The number of ketones is 1. The molecule has 1 aliphatic rings. The largest absolute Gasteiger partial charge is 0.292 e. The molecule has 2 heteroatoms. The fourth-order valence-electron chi connectivity index (χ4n) is 3.16. The summed E-state index contributed by atoms with van der Waals surface area (Å²) in [7, 11) is 0. The van der Waals surface area contributed by atoms with E-state index in [1.807, 2.05) is 25.1 Å². The van der Waals surface area contributed by atoms with Crippen LogP contribution in [0.3, 0.4) is 0 Å². The van der Waals surface area contributed by atoms with Crippen molar-refractivity contribution in [1.29, 1.82) is 0 Å². The van der Waals surface area contributed by atoms with Crippen LogP contribution in [0.1, 0.15) is 48.7 Å². The SMILES string of the molecule is Cc1ccc(C(=O)C(C)N2CC(C)CC2C)cc1C. The molecule has 3 unspecified atom stereocenters. The molecule has 1 heterocycles. The monoisotopic (exact) mass is 259 g/mol. The second-order valence-electron chi connectivity index (χ2n) is 6.23. The van der Waals surface area contributed by atoms with Gasteiger partial charge in [0, 0.05) is 18.2 Å². The van der Waals surface area contributed by atoms with E-state index in [2.05, 4.69) is 32.6 Å². The van der Waals surface area contributed by atoms with E-state index in [9.17, 15) is 4.79 Å². The van der Waals surface area contributed by atoms with Gasteiger partial charge in [-0.25, -0.2) is 0 Å². The molecule has 1 aliphatic heterocycles. The number of hydrogen-bond donors (Lipinski definition) is 0. The van der Waals surface area contributed by atoms with Crippen LogP contribution < -0.4 is 0 Å². The quantitative estimate of drug-likeness (QED) is 0.773. The highest BCUT2D eigenvalue weighted by Crippen LogP contribution is 2.26. The number of Topliss-reactive ketones (excluding diaryl/α,β-unsaturated/α-hetero) is 1. The first-order valence-corrected chi connectivity index (χ1v) is 7.27. The van der Waals surface area contributed by atoms with E-state index in [1.54, 1.807) is 0 Å². The van der Waals surface area contributed by atoms with E-state index in [0.717, 1.165) is 12.1 Å². The summed E-state index contributed by atoms with van der Waals surface area (Å²) in [6, 6.07) is 6.54. The zero-order valence-electron chi connectivity index (χ0n) is 12.7. The predicted octanol–water partition coefficient (Wildman–Crippen LogP) is 3.60. The molecule has 0 aliphatic carbocycles. The zero-order chi connectivity index (χ0) is 14.2. The Morgan fingerprint density at radius 2 is 1.95 bits per heavy atom. The van der Waals surface area contributed by atoms with E-state index in [-0.39, 0.29) is 11.8 Å². The molecule has 2 nitrogen and oxygen atoms in total. The maximum Gasteiger partial charge on any atom is 0.179 e. The molecule has 0 radical (unpaired) electrons. The number of nitrogens with zero attached hydrogens (tertiary/aromatic N) is 1. The Morgan fingerprint density at radius 1 is 1.26 bits per heavy atom. The Balaban J connectivity index is 2.17. The minimum absolute atomic E-state index is 0.0120. The summed E-state index contributed by atoms with van der Waals surface area (Å²) in [6.07, 6.45) is 1.20. The van der Waals surface area contributed by atoms with Gasteiger partial charge in [0.2, 0.25) is 0 Å². The zero-order valence-corrected chi connectivity index (χ0v) is 12.7. The van der Waals surface area contributed by atoms with Gasteiger partial charge in [0.1, 0.15) is 0 Å². The fraction of sp³-hybridized carbons (Fsp3) is 0.588. The topological polar surface area (TPSA) is 20.3 Å². The molecule has 1 fully saturated rings. The van der Waals surface area contributed by atoms with E-state index in [0.29, 0.717) is 12.0 Å². The van der Waals surface area contributed by atoms with E-state index < -0.39 is 0 Å². The van der Waals surface area contributed by atoms with Gasteiger partial charge >= 0.3 is 0 Å². The van der Waals surface area contributed by atoms with Crippen molar-refractivity contribution in [2.75, 3.05) is 6.54 Å². The summed E-state index contributed by atoms with van der Waals surface area (Å²) in [4.78, 5) is 15.0. The summed E-state index contributed by atoms with van der Waals surface area (Å²) >= 11 is 0. The van der Waals surface area contributed by atoms with Crippen molar-refractivity contribution in [3.63, 3.8) is 0 Å².